The Morgan fingerprint density at radius 3 is 2.27 bits per heavy atom. The molecule has 22 heavy (non-hydrogen) atoms. The summed E-state index contributed by atoms with van der Waals surface area (Å²) in [5.74, 6) is -0.200. The second kappa shape index (κ2) is 6.51. The van der Waals surface area contributed by atoms with Gasteiger partial charge in [-0.25, -0.2) is 0 Å². The minimum Gasteiger partial charge on any atom is -0.345 e. The average molecular weight is 302 g/mol. The highest BCUT2D eigenvalue weighted by molar-refractivity contribution is 6.13. The minimum atomic E-state index is -0.833. The molecule has 4 nitrogen and oxygen atoms in total. The van der Waals surface area contributed by atoms with Gasteiger partial charge in [-0.1, -0.05) is 19.4 Å². The Kier molecular flexibility index (Phi) is 4.89. The van der Waals surface area contributed by atoms with E-state index < -0.39 is 5.41 Å². The first-order valence-electron chi connectivity index (χ1n) is 8.04. The molecule has 1 aromatic carbocycles. The first-order chi connectivity index (χ1) is 10.4. The van der Waals surface area contributed by atoms with E-state index in [0.29, 0.717) is 19.4 Å². The van der Waals surface area contributed by atoms with E-state index in [1.807, 2.05) is 26.0 Å². The van der Waals surface area contributed by atoms with Gasteiger partial charge in [0.1, 0.15) is 5.41 Å². The Labute approximate surface area is 132 Å². The van der Waals surface area contributed by atoms with Crippen molar-refractivity contribution in [2.75, 3.05) is 18.9 Å². The van der Waals surface area contributed by atoms with Gasteiger partial charge in [0.05, 0.1) is 0 Å². The normalized spacial score (nSPS) is 15.3. The van der Waals surface area contributed by atoms with Gasteiger partial charge in [-0.3, -0.25) is 9.59 Å². The fourth-order valence-corrected chi connectivity index (χ4v) is 2.82. The van der Waals surface area contributed by atoms with E-state index in [9.17, 15) is 9.59 Å². The molecule has 1 N–H and O–H groups in total. The number of hydrogen-bond donors (Lipinski definition) is 1. The van der Waals surface area contributed by atoms with Crippen LogP contribution < -0.4 is 5.32 Å². The van der Waals surface area contributed by atoms with Gasteiger partial charge >= 0.3 is 0 Å². The smallest absolute Gasteiger partial charge is 0.240 e. The monoisotopic (exact) mass is 302 g/mol. The van der Waals surface area contributed by atoms with Crippen molar-refractivity contribution < 1.29 is 9.59 Å². The second-order valence-corrected chi connectivity index (χ2v) is 6.49. The van der Waals surface area contributed by atoms with Crippen LogP contribution >= 0.6 is 0 Å². The number of rotatable bonds is 6. The molecule has 0 radical (unpaired) electrons. The van der Waals surface area contributed by atoms with Crippen molar-refractivity contribution in [2.45, 2.75) is 46.5 Å². The van der Waals surface area contributed by atoms with Crippen molar-refractivity contribution in [3.8, 4) is 0 Å². The van der Waals surface area contributed by atoms with Crippen LogP contribution in [0, 0.1) is 19.3 Å². The molecule has 120 valence electrons. The van der Waals surface area contributed by atoms with Crippen molar-refractivity contribution in [3.05, 3.63) is 29.3 Å². The number of carbonyl (C=O) groups excluding carboxylic acids is 2. The zero-order chi connectivity index (χ0) is 16.3. The van der Waals surface area contributed by atoms with Crippen molar-refractivity contribution in [3.63, 3.8) is 0 Å². The lowest BCUT2D eigenvalue weighted by molar-refractivity contribution is -0.141. The Bertz CT molecular complexity index is 556. The largest absolute Gasteiger partial charge is 0.345 e. The van der Waals surface area contributed by atoms with Gasteiger partial charge < -0.3 is 10.2 Å². The highest BCUT2D eigenvalue weighted by atomic mass is 16.2. The number of hydrogen-bond acceptors (Lipinski definition) is 2. The van der Waals surface area contributed by atoms with Crippen LogP contribution in [0.4, 0.5) is 5.69 Å². The number of aryl methyl sites for hydroxylation is 2. The summed E-state index contributed by atoms with van der Waals surface area (Å²) in [4.78, 5) is 26.9. The Balaban J connectivity index is 2.06. The number of nitrogens with zero attached hydrogens (tertiary/aromatic N) is 1. The molecule has 1 aliphatic rings. The van der Waals surface area contributed by atoms with Gasteiger partial charge in [0, 0.05) is 19.3 Å². The number of nitrogens with one attached hydrogen (secondary N) is 1. The molecule has 1 fully saturated rings. The van der Waals surface area contributed by atoms with E-state index in [1.165, 1.54) is 0 Å². The number of carbonyl (C=O) groups is 2. The molecule has 2 amide bonds. The van der Waals surface area contributed by atoms with Crippen molar-refractivity contribution in [1.29, 1.82) is 0 Å². The SMILES string of the molecule is CCCCN(C)C(=O)C1(C(=O)Nc2cc(C)cc(C)c2)CC1. The van der Waals surface area contributed by atoms with E-state index in [2.05, 4.69) is 18.3 Å². The van der Waals surface area contributed by atoms with Crippen LogP contribution in [0.1, 0.15) is 43.7 Å². The van der Waals surface area contributed by atoms with Gasteiger partial charge in [0.25, 0.3) is 0 Å². The minimum absolute atomic E-state index is 0.0391. The summed E-state index contributed by atoms with van der Waals surface area (Å²) < 4.78 is 0. The van der Waals surface area contributed by atoms with Crippen LogP contribution in [-0.4, -0.2) is 30.3 Å². The first kappa shape index (κ1) is 16.5. The molecule has 0 heterocycles. The van der Waals surface area contributed by atoms with Crippen molar-refractivity contribution >= 4 is 17.5 Å². The number of amides is 2. The topological polar surface area (TPSA) is 49.4 Å². The van der Waals surface area contributed by atoms with Crippen LogP contribution in [0.3, 0.4) is 0 Å². The lowest BCUT2D eigenvalue weighted by Crippen LogP contribution is -2.41. The fourth-order valence-electron chi connectivity index (χ4n) is 2.82. The summed E-state index contributed by atoms with van der Waals surface area (Å²) in [7, 11) is 1.79. The zero-order valence-electron chi connectivity index (χ0n) is 14.0. The van der Waals surface area contributed by atoms with E-state index in [-0.39, 0.29) is 11.8 Å². The maximum Gasteiger partial charge on any atom is 0.240 e. The highest BCUT2D eigenvalue weighted by Crippen LogP contribution is 2.48. The van der Waals surface area contributed by atoms with E-state index in [0.717, 1.165) is 29.7 Å². The number of unbranched alkanes of at least 4 members (excludes halogenated alkanes) is 1. The summed E-state index contributed by atoms with van der Waals surface area (Å²) in [5.41, 5.74) is 2.15. The standard InChI is InChI=1S/C18H26N2O2/c1-5-6-9-20(4)17(22)18(7-8-18)16(21)19-15-11-13(2)10-14(3)12-15/h10-12H,5-9H2,1-4H3,(H,19,21). The summed E-state index contributed by atoms with van der Waals surface area (Å²) in [6.45, 7) is 6.81. The van der Waals surface area contributed by atoms with Crippen LogP contribution in [0.2, 0.25) is 0 Å². The molecule has 1 saturated carbocycles. The van der Waals surface area contributed by atoms with Crippen molar-refractivity contribution in [1.82, 2.24) is 4.90 Å². The number of anilines is 1. The molecule has 1 aliphatic carbocycles. The molecule has 4 heteroatoms. The van der Waals surface area contributed by atoms with E-state index in [4.69, 9.17) is 0 Å². The third-order valence-corrected chi connectivity index (χ3v) is 4.27. The molecule has 0 aromatic heterocycles. The highest BCUT2D eigenvalue weighted by Gasteiger charge is 2.57. The predicted molar refractivity (Wildman–Crippen MR) is 88.8 cm³/mol. The summed E-state index contributed by atoms with van der Waals surface area (Å²) >= 11 is 0. The van der Waals surface area contributed by atoms with Crippen LogP contribution in [0.5, 0.6) is 0 Å². The summed E-state index contributed by atoms with van der Waals surface area (Å²) in [5, 5.41) is 2.93. The molecular formula is C18H26N2O2. The Morgan fingerprint density at radius 1 is 1.18 bits per heavy atom. The zero-order valence-corrected chi connectivity index (χ0v) is 14.0. The van der Waals surface area contributed by atoms with Gasteiger partial charge in [-0.05, 0) is 56.4 Å². The maximum absolute atomic E-state index is 12.6. The Morgan fingerprint density at radius 2 is 1.77 bits per heavy atom. The molecule has 0 bridgehead atoms. The van der Waals surface area contributed by atoms with Crippen LogP contribution in [0.25, 0.3) is 0 Å². The molecular weight excluding hydrogens is 276 g/mol. The molecule has 0 unspecified atom stereocenters. The predicted octanol–water partition coefficient (Wildman–Crippen LogP) is 3.28. The van der Waals surface area contributed by atoms with E-state index in [1.54, 1.807) is 11.9 Å². The lowest BCUT2D eigenvalue weighted by atomic mass is 10.0. The second-order valence-electron chi connectivity index (χ2n) is 6.49. The summed E-state index contributed by atoms with van der Waals surface area (Å²) in [6.07, 6.45) is 3.31. The van der Waals surface area contributed by atoms with Crippen LogP contribution in [-0.2, 0) is 9.59 Å². The lowest BCUT2D eigenvalue weighted by Gasteiger charge is -2.23. The molecule has 0 saturated heterocycles. The van der Waals surface area contributed by atoms with Crippen LogP contribution in [0.15, 0.2) is 18.2 Å². The quantitative estimate of drug-likeness (QED) is 0.820. The first-order valence-corrected chi connectivity index (χ1v) is 8.04. The van der Waals surface area contributed by atoms with Gasteiger partial charge in [-0.2, -0.15) is 0 Å². The van der Waals surface area contributed by atoms with E-state index >= 15 is 0 Å². The van der Waals surface area contributed by atoms with Gasteiger partial charge in [0.15, 0.2) is 0 Å². The Hall–Kier alpha value is -1.84. The average Bonchev–Trinajstić information content (AvgIpc) is 3.24. The molecule has 0 atom stereocenters. The summed E-state index contributed by atoms with van der Waals surface area (Å²) in [6, 6.07) is 5.94. The molecule has 2 rings (SSSR count). The molecule has 0 spiro atoms. The third kappa shape index (κ3) is 3.49. The number of benzene rings is 1. The fraction of sp³-hybridized carbons (Fsp3) is 0.556. The third-order valence-electron chi connectivity index (χ3n) is 4.27. The molecule has 1 aromatic rings. The van der Waals surface area contributed by atoms with Gasteiger partial charge in [0.2, 0.25) is 11.8 Å². The van der Waals surface area contributed by atoms with Gasteiger partial charge in [-0.15, -0.1) is 0 Å². The molecule has 0 aliphatic heterocycles. The van der Waals surface area contributed by atoms with Crippen molar-refractivity contribution in [2.24, 2.45) is 5.41 Å². The maximum atomic E-state index is 12.6.